The largest absolute Gasteiger partial charge is 0.351 e. The first-order chi connectivity index (χ1) is 12.5. The summed E-state index contributed by atoms with van der Waals surface area (Å²) in [5.41, 5.74) is 6.64. The quantitative estimate of drug-likeness (QED) is 0.839. The SMILES string of the molecule is CN(CC(=O)N1C[C@H]2CC[C@@H]1CN(CCCc1ccccc1)C2)C(N)=O. The van der Waals surface area contributed by atoms with Crippen LogP contribution in [-0.2, 0) is 11.2 Å². The minimum Gasteiger partial charge on any atom is -0.351 e. The second kappa shape index (κ2) is 8.54. The van der Waals surface area contributed by atoms with E-state index in [9.17, 15) is 9.59 Å². The lowest BCUT2D eigenvalue weighted by atomic mass is 9.95. The number of nitrogens with two attached hydrogens (primary N) is 1. The second-order valence-corrected chi connectivity index (χ2v) is 7.69. The predicted octanol–water partition coefficient (Wildman–Crippen LogP) is 1.55. The number of hydrogen-bond donors (Lipinski definition) is 1. The summed E-state index contributed by atoms with van der Waals surface area (Å²) in [5.74, 6) is 0.556. The van der Waals surface area contributed by atoms with E-state index < -0.39 is 6.03 Å². The molecule has 2 bridgehead atoms. The number of amides is 3. The lowest BCUT2D eigenvalue weighted by Gasteiger charge is -2.37. The molecule has 3 aliphatic rings. The Morgan fingerprint density at radius 2 is 1.92 bits per heavy atom. The van der Waals surface area contributed by atoms with Crippen LogP contribution in [0.15, 0.2) is 30.3 Å². The number of fused-ring (bicyclic) bond motifs is 4. The van der Waals surface area contributed by atoms with Gasteiger partial charge in [0.15, 0.2) is 0 Å². The van der Waals surface area contributed by atoms with E-state index in [2.05, 4.69) is 35.2 Å². The highest BCUT2D eigenvalue weighted by molar-refractivity contribution is 5.83. The first-order valence-electron chi connectivity index (χ1n) is 9.59. The summed E-state index contributed by atoms with van der Waals surface area (Å²) in [4.78, 5) is 29.6. The van der Waals surface area contributed by atoms with Crippen molar-refractivity contribution in [1.82, 2.24) is 14.7 Å². The maximum absolute atomic E-state index is 12.6. The zero-order chi connectivity index (χ0) is 18.5. The molecule has 26 heavy (non-hydrogen) atoms. The molecule has 2 atom stereocenters. The van der Waals surface area contributed by atoms with Gasteiger partial charge >= 0.3 is 6.03 Å². The smallest absolute Gasteiger partial charge is 0.314 e. The maximum atomic E-state index is 12.6. The van der Waals surface area contributed by atoms with Crippen molar-refractivity contribution in [1.29, 1.82) is 0 Å². The molecule has 0 spiro atoms. The Morgan fingerprint density at radius 1 is 1.15 bits per heavy atom. The summed E-state index contributed by atoms with van der Waals surface area (Å²) in [5, 5.41) is 0. The molecule has 3 saturated heterocycles. The van der Waals surface area contributed by atoms with Gasteiger partial charge < -0.3 is 20.4 Å². The maximum Gasteiger partial charge on any atom is 0.314 e. The zero-order valence-corrected chi connectivity index (χ0v) is 15.6. The van der Waals surface area contributed by atoms with Crippen molar-refractivity contribution < 1.29 is 9.59 Å². The van der Waals surface area contributed by atoms with Crippen molar-refractivity contribution in [3.63, 3.8) is 0 Å². The second-order valence-electron chi connectivity index (χ2n) is 7.69. The lowest BCUT2D eigenvalue weighted by molar-refractivity contribution is -0.135. The van der Waals surface area contributed by atoms with Crippen LogP contribution >= 0.6 is 0 Å². The highest BCUT2D eigenvalue weighted by Crippen LogP contribution is 2.28. The molecule has 3 aliphatic heterocycles. The van der Waals surface area contributed by atoms with E-state index in [0.717, 1.165) is 45.4 Å². The Labute approximate surface area is 155 Å². The van der Waals surface area contributed by atoms with E-state index >= 15 is 0 Å². The van der Waals surface area contributed by atoms with Gasteiger partial charge in [0.05, 0.1) is 0 Å². The monoisotopic (exact) mass is 358 g/mol. The van der Waals surface area contributed by atoms with Gasteiger partial charge in [0.2, 0.25) is 5.91 Å². The molecule has 0 unspecified atom stereocenters. The van der Waals surface area contributed by atoms with Gasteiger partial charge in [-0.15, -0.1) is 0 Å². The molecule has 2 N–H and O–H groups in total. The number of carbonyl (C=O) groups is 2. The van der Waals surface area contributed by atoms with Gasteiger partial charge in [-0.2, -0.15) is 0 Å². The van der Waals surface area contributed by atoms with E-state index in [1.165, 1.54) is 16.9 Å². The van der Waals surface area contributed by atoms with E-state index in [1.807, 2.05) is 4.90 Å². The number of carbonyl (C=O) groups excluding carboxylic acids is 2. The number of primary amides is 1. The number of nitrogens with zero attached hydrogens (tertiary/aromatic N) is 3. The normalized spacial score (nSPS) is 22.9. The Hall–Kier alpha value is -2.08. The zero-order valence-electron chi connectivity index (χ0n) is 15.6. The molecule has 6 heteroatoms. The number of likely N-dealkylation sites (N-methyl/N-ethyl adjacent to an activating group) is 1. The van der Waals surface area contributed by atoms with Crippen LogP contribution in [0.2, 0.25) is 0 Å². The third-order valence-electron chi connectivity index (χ3n) is 5.64. The molecule has 6 nitrogen and oxygen atoms in total. The van der Waals surface area contributed by atoms with Crippen LogP contribution in [0, 0.1) is 5.92 Å². The van der Waals surface area contributed by atoms with Crippen LogP contribution in [0.1, 0.15) is 24.8 Å². The third-order valence-corrected chi connectivity index (χ3v) is 5.64. The summed E-state index contributed by atoms with van der Waals surface area (Å²) >= 11 is 0. The van der Waals surface area contributed by atoms with Crippen molar-refractivity contribution in [3.05, 3.63) is 35.9 Å². The van der Waals surface area contributed by atoms with Crippen molar-refractivity contribution in [2.75, 3.05) is 39.8 Å². The Morgan fingerprint density at radius 3 is 2.65 bits per heavy atom. The van der Waals surface area contributed by atoms with Gasteiger partial charge in [-0.1, -0.05) is 30.3 Å². The first kappa shape index (κ1) is 18.7. The van der Waals surface area contributed by atoms with Crippen molar-refractivity contribution in [3.8, 4) is 0 Å². The third kappa shape index (κ3) is 4.75. The van der Waals surface area contributed by atoms with Crippen LogP contribution in [0.3, 0.4) is 0 Å². The van der Waals surface area contributed by atoms with Crippen LogP contribution in [0.5, 0.6) is 0 Å². The van der Waals surface area contributed by atoms with Crippen LogP contribution in [0.4, 0.5) is 4.79 Å². The Bertz CT molecular complexity index is 621. The van der Waals surface area contributed by atoms with Crippen molar-refractivity contribution in [2.24, 2.45) is 11.7 Å². The number of urea groups is 1. The molecular weight excluding hydrogens is 328 g/mol. The molecule has 0 radical (unpaired) electrons. The molecular formula is C20H30N4O2. The van der Waals surface area contributed by atoms with Gasteiger partial charge in [-0.05, 0) is 43.7 Å². The molecule has 3 fully saturated rings. The topological polar surface area (TPSA) is 69.9 Å². The summed E-state index contributed by atoms with van der Waals surface area (Å²) in [6, 6.07) is 10.3. The van der Waals surface area contributed by atoms with E-state index in [4.69, 9.17) is 5.73 Å². The van der Waals surface area contributed by atoms with Gasteiger partial charge in [-0.25, -0.2) is 4.79 Å². The minimum atomic E-state index is -0.555. The van der Waals surface area contributed by atoms with E-state index in [0.29, 0.717) is 5.92 Å². The average Bonchev–Trinajstić information content (AvgIpc) is 2.93. The van der Waals surface area contributed by atoms with Crippen LogP contribution < -0.4 is 5.73 Å². The number of rotatable bonds is 6. The fourth-order valence-electron chi connectivity index (χ4n) is 4.19. The number of hydrogen-bond acceptors (Lipinski definition) is 3. The molecule has 4 rings (SSSR count). The molecule has 142 valence electrons. The summed E-state index contributed by atoms with van der Waals surface area (Å²) in [6.45, 7) is 3.97. The molecule has 0 saturated carbocycles. The standard InChI is InChI=1S/C20H30N4O2/c1-22(20(21)26)15-19(25)24-13-17-9-10-18(24)14-23(12-17)11-5-8-16-6-3-2-4-7-16/h2-4,6-7,17-18H,5,8-15H2,1H3,(H2,21,26)/t17-,18+/m0/s1. The number of piperidine rings is 1. The number of aryl methyl sites for hydroxylation is 1. The fourth-order valence-corrected chi connectivity index (χ4v) is 4.19. The minimum absolute atomic E-state index is 0.0205. The van der Waals surface area contributed by atoms with E-state index in [1.54, 1.807) is 7.05 Å². The predicted molar refractivity (Wildman–Crippen MR) is 102 cm³/mol. The molecule has 1 aromatic carbocycles. The molecule has 0 aliphatic carbocycles. The fraction of sp³-hybridized carbons (Fsp3) is 0.600. The molecule has 3 amide bonds. The number of benzene rings is 1. The van der Waals surface area contributed by atoms with E-state index in [-0.39, 0.29) is 18.5 Å². The lowest BCUT2D eigenvalue weighted by Crippen LogP contribution is -2.51. The van der Waals surface area contributed by atoms with Crippen LogP contribution in [0.25, 0.3) is 0 Å². The Kier molecular flexibility index (Phi) is 6.14. The summed E-state index contributed by atoms with van der Waals surface area (Å²) < 4.78 is 0. The summed E-state index contributed by atoms with van der Waals surface area (Å²) in [7, 11) is 1.58. The molecule has 1 aromatic rings. The summed E-state index contributed by atoms with van der Waals surface area (Å²) in [6.07, 6.45) is 4.49. The van der Waals surface area contributed by atoms with Crippen molar-refractivity contribution >= 4 is 11.9 Å². The highest BCUT2D eigenvalue weighted by atomic mass is 16.2. The molecule has 0 aromatic heterocycles. The average molecular weight is 358 g/mol. The van der Waals surface area contributed by atoms with Gasteiger partial charge in [0.1, 0.15) is 6.54 Å². The van der Waals surface area contributed by atoms with Crippen LogP contribution in [-0.4, -0.2) is 72.5 Å². The first-order valence-corrected chi connectivity index (χ1v) is 9.59. The van der Waals surface area contributed by atoms with Crippen molar-refractivity contribution in [2.45, 2.75) is 31.7 Å². The van der Waals surface area contributed by atoms with Gasteiger partial charge in [-0.3, -0.25) is 4.79 Å². The molecule has 3 heterocycles. The van der Waals surface area contributed by atoms with Gasteiger partial charge in [0.25, 0.3) is 0 Å². The highest BCUT2D eigenvalue weighted by Gasteiger charge is 2.37. The van der Waals surface area contributed by atoms with Gasteiger partial charge in [0, 0.05) is 32.7 Å². The Balaban J connectivity index is 1.52.